The average Bonchev–Trinajstić information content (AvgIpc) is 3.69. The van der Waals surface area contributed by atoms with Crippen molar-refractivity contribution >= 4 is 11.5 Å². The highest BCUT2D eigenvalue weighted by Crippen LogP contribution is 2.48. The van der Waals surface area contributed by atoms with Crippen LogP contribution in [0.3, 0.4) is 0 Å². The number of hydrogen-bond acceptors (Lipinski definition) is 3. The zero-order valence-electron chi connectivity index (χ0n) is 22.6. The third-order valence-electron chi connectivity index (χ3n) is 8.05. The van der Waals surface area contributed by atoms with E-state index in [-0.39, 0.29) is 29.9 Å². The molecule has 4 nitrogen and oxygen atoms in total. The Morgan fingerprint density at radius 1 is 1.00 bits per heavy atom. The summed E-state index contributed by atoms with van der Waals surface area (Å²) in [6.07, 6.45) is 6.16. The molecule has 2 aliphatic carbocycles. The summed E-state index contributed by atoms with van der Waals surface area (Å²) in [6.45, 7) is 4.29. The van der Waals surface area contributed by atoms with Gasteiger partial charge in [0.2, 0.25) is 0 Å². The van der Waals surface area contributed by atoms with E-state index in [0.29, 0.717) is 28.5 Å². The normalized spacial score (nSPS) is 17.0. The number of allylic oxidation sites excluding steroid dienone is 2. The van der Waals surface area contributed by atoms with Crippen LogP contribution in [0.2, 0.25) is 0 Å². The third kappa shape index (κ3) is 5.85. The summed E-state index contributed by atoms with van der Waals surface area (Å²) in [7, 11) is 1.52. The molecule has 2 aliphatic rings. The van der Waals surface area contributed by atoms with Crippen LogP contribution in [-0.4, -0.2) is 18.2 Å². The van der Waals surface area contributed by atoms with Crippen LogP contribution in [0.25, 0.3) is 16.7 Å². The summed E-state index contributed by atoms with van der Waals surface area (Å²) in [6, 6.07) is 15.1. The van der Waals surface area contributed by atoms with Crippen molar-refractivity contribution in [1.29, 1.82) is 0 Å². The topological polar surface area (TPSA) is 55.8 Å². The van der Waals surface area contributed by atoms with E-state index < -0.39 is 17.6 Å². The number of ether oxygens (including phenoxy) is 2. The van der Waals surface area contributed by atoms with E-state index in [4.69, 9.17) is 9.47 Å². The Balaban J connectivity index is 1.48. The van der Waals surface area contributed by atoms with Crippen LogP contribution < -0.4 is 9.47 Å². The average molecular weight is 533 g/mol. The van der Waals surface area contributed by atoms with Crippen molar-refractivity contribution in [1.82, 2.24) is 0 Å². The van der Waals surface area contributed by atoms with Crippen molar-refractivity contribution in [2.45, 2.75) is 58.5 Å². The lowest BCUT2D eigenvalue weighted by Gasteiger charge is -2.26. The van der Waals surface area contributed by atoms with Crippen molar-refractivity contribution in [3.8, 4) is 22.6 Å². The quantitative estimate of drug-likeness (QED) is 0.285. The monoisotopic (exact) mass is 532 g/mol. The van der Waals surface area contributed by atoms with Gasteiger partial charge in [-0.2, -0.15) is 0 Å². The van der Waals surface area contributed by atoms with Crippen LogP contribution >= 0.6 is 0 Å². The van der Waals surface area contributed by atoms with Crippen molar-refractivity contribution < 1.29 is 28.2 Å². The minimum Gasteiger partial charge on any atom is -0.497 e. The van der Waals surface area contributed by atoms with Gasteiger partial charge in [-0.3, -0.25) is 4.79 Å². The largest absolute Gasteiger partial charge is 0.497 e. The molecule has 1 fully saturated rings. The molecule has 3 aromatic rings. The fourth-order valence-corrected chi connectivity index (χ4v) is 5.71. The highest BCUT2D eigenvalue weighted by Gasteiger charge is 2.34. The lowest BCUT2D eigenvalue weighted by Crippen LogP contribution is -2.11. The number of halogens is 2. The first-order valence-corrected chi connectivity index (χ1v) is 13.5. The van der Waals surface area contributed by atoms with Crippen molar-refractivity contribution in [2.75, 3.05) is 7.11 Å². The highest BCUT2D eigenvalue weighted by atomic mass is 19.1. The highest BCUT2D eigenvalue weighted by molar-refractivity contribution is 5.85. The molecule has 6 heteroatoms. The van der Waals surface area contributed by atoms with E-state index in [1.54, 1.807) is 24.3 Å². The zero-order chi connectivity index (χ0) is 27.7. The predicted octanol–water partition coefficient (Wildman–Crippen LogP) is 8.39. The van der Waals surface area contributed by atoms with Crippen LogP contribution in [0.15, 0.2) is 60.7 Å². The number of carbonyl (C=O) groups is 1. The van der Waals surface area contributed by atoms with Crippen LogP contribution in [0, 0.1) is 23.0 Å². The van der Waals surface area contributed by atoms with Crippen molar-refractivity contribution in [3.63, 3.8) is 0 Å². The molecule has 204 valence electrons. The Morgan fingerprint density at radius 3 is 2.46 bits per heavy atom. The standard InChI is InChI=1S/C33H34F2O4/c1-33(2)13-5-8-29(33)27-15-22(31(35)17-26(27)28-16-23(38-3)11-12-30(28)34)19-39-24-7-4-6-21(14-24)25(18-32(36)37)20-9-10-20/h4,6-8,11-12,14-17,20,25H,5,9-10,13,18-19H2,1-3H3,(H,36,37)/t25-/m1/s1. The molecule has 0 amide bonds. The lowest BCUT2D eigenvalue weighted by atomic mass is 9.79. The Kier molecular flexibility index (Phi) is 7.48. The van der Waals surface area contributed by atoms with Gasteiger partial charge in [-0.05, 0) is 108 Å². The Hall–Kier alpha value is -3.67. The van der Waals surface area contributed by atoms with Gasteiger partial charge in [-0.1, -0.05) is 32.1 Å². The SMILES string of the molecule is COc1ccc(F)c(-c2cc(F)c(COc3cccc([C@H](CC(=O)O)C4CC4)c3)cc2C2=CCCC2(C)C)c1. The number of carboxylic acid groups (broad SMARTS) is 1. The van der Waals surface area contributed by atoms with Crippen molar-refractivity contribution in [2.24, 2.45) is 11.3 Å². The molecule has 0 aromatic heterocycles. The molecule has 1 N–H and O–H groups in total. The zero-order valence-corrected chi connectivity index (χ0v) is 22.6. The van der Waals surface area contributed by atoms with Gasteiger partial charge in [0.15, 0.2) is 0 Å². The van der Waals surface area contributed by atoms with Crippen LogP contribution in [0.5, 0.6) is 11.5 Å². The molecular formula is C33H34F2O4. The summed E-state index contributed by atoms with van der Waals surface area (Å²) in [5.74, 6) is -0.355. The minimum absolute atomic E-state index is 0.0100. The van der Waals surface area contributed by atoms with Gasteiger partial charge >= 0.3 is 5.97 Å². The molecule has 1 saturated carbocycles. The number of carboxylic acids is 1. The molecule has 39 heavy (non-hydrogen) atoms. The molecule has 0 unspecified atom stereocenters. The first-order chi connectivity index (χ1) is 18.7. The summed E-state index contributed by atoms with van der Waals surface area (Å²) >= 11 is 0. The molecule has 0 heterocycles. The van der Waals surface area contributed by atoms with E-state index in [0.717, 1.165) is 42.4 Å². The lowest BCUT2D eigenvalue weighted by molar-refractivity contribution is -0.137. The number of aliphatic carboxylic acids is 1. The fraction of sp³-hybridized carbons (Fsp3) is 0.364. The van der Waals surface area contributed by atoms with Gasteiger partial charge in [0.1, 0.15) is 29.7 Å². The summed E-state index contributed by atoms with van der Waals surface area (Å²) in [5.41, 5.74) is 3.78. The van der Waals surface area contributed by atoms with Gasteiger partial charge in [-0.15, -0.1) is 0 Å². The molecule has 1 atom stereocenters. The van der Waals surface area contributed by atoms with Gasteiger partial charge < -0.3 is 14.6 Å². The summed E-state index contributed by atoms with van der Waals surface area (Å²) in [5, 5.41) is 9.37. The van der Waals surface area contributed by atoms with Gasteiger partial charge in [0.25, 0.3) is 0 Å². The molecular weight excluding hydrogens is 498 g/mol. The van der Waals surface area contributed by atoms with E-state index in [9.17, 15) is 9.90 Å². The summed E-state index contributed by atoms with van der Waals surface area (Å²) < 4.78 is 42.0. The van der Waals surface area contributed by atoms with Crippen LogP contribution in [-0.2, 0) is 11.4 Å². The third-order valence-corrected chi connectivity index (χ3v) is 8.05. The van der Waals surface area contributed by atoms with Gasteiger partial charge in [0.05, 0.1) is 13.5 Å². The number of benzene rings is 3. The van der Waals surface area contributed by atoms with Gasteiger partial charge in [0, 0.05) is 11.1 Å². The second-order valence-electron chi connectivity index (χ2n) is 11.3. The maximum Gasteiger partial charge on any atom is 0.303 e. The van der Waals surface area contributed by atoms with E-state index in [2.05, 4.69) is 19.9 Å². The molecule has 5 rings (SSSR count). The fourth-order valence-electron chi connectivity index (χ4n) is 5.71. The maximum absolute atomic E-state index is 15.6. The van der Waals surface area contributed by atoms with E-state index in [1.807, 2.05) is 18.2 Å². The van der Waals surface area contributed by atoms with Crippen LogP contribution in [0.4, 0.5) is 8.78 Å². The molecule has 0 bridgehead atoms. The Labute approximate surface area is 228 Å². The maximum atomic E-state index is 15.6. The van der Waals surface area contributed by atoms with Crippen molar-refractivity contribution in [3.05, 3.63) is 89.0 Å². The van der Waals surface area contributed by atoms with Crippen LogP contribution in [0.1, 0.15) is 68.6 Å². The van der Waals surface area contributed by atoms with E-state index in [1.165, 1.54) is 19.2 Å². The minimum atomic E-state index is -0.815. The second kappa shape index (κ2) is 10.8. The Bertz CT molecular complexity index is 1420. The molecule has 0 aliphatic heterocycles. The number of methoxy groups -OCH3 is 1. The van der Waals surface area contributed by atoms with Gasteiger partial charge in [-0.25, -0.2) is 8.78 Å². The number of hydrogen-bond donors (Lipinski definition) is 1. The first kappa shape index (κ1) is 26.9. The smallest absolute Gasteiger partial charge is 0.303 e. The van der Waals surface area contributed by atoms with E-state index >= 15 is 8.78 Å². The number of rotatable bonds is 10. The molecule has 0 radical (unpaired) electrons. The summed E-state index contributed by atoms with van der Waals surface area (Å²) in [4.78, 5) is 11.4. The Morgan fingerprint density at radius 2 is 1.79 bits per heavy atom. The first-order valence-electron chi connectivity index (χ1n) is 13.5. The predicted molar refractivity (Wildman–Crippen MR) is 148 cm³/mol. The molecule has 3 aromatic carbocycles. The molecule has 0 spiro atoms. The molecule has 0 saturated heterocycles. The second-order valence-corrected chi connectivity index (χ2v) is 11.3.